The van der Waals surface area contributed by atoms with E-state index < -0.39 is 5.60 Å². The molecule has 1 aromatic rings. The summed E-state index contributed by atoms with van der Waals surface area (Å²) in [4.78, 5) is 0. The molecule has 3 heteroatoms. The monoisotopic (exact) mass is 310 g/mol. The molecule has 0 aromatic heterocycles. The topological polar surface area (TPSA) is 29.5 Å². The minimum atomic E-state index is -0.635. The van der Waals surface area contributed by atoms with Gasteiger partial charge in [0.05, 0.1) is 16.7 Å². The fraction of sp³-hybridized carbons (Fsp3) is 0.600. The van der Waals surface area contributed by atoms with E-state index in [-0.39, 0.29) is 0 Å². The lowest BCUT2D eigenvalue weighted by molar-refractivity contribution is 0.136. The number of aryl methyl sites for hydroxylation is 1. The van der Waals surface area contributed by atoms with Crippen LogP contribution in [0.3, 0.4) is 0 Å². The molecule has 3 rings (SSSR count). The third-order valence-electron chi connectivity index (χ3n) is 4.10. The molecule has 0 bridgehead atoms. The Morgan fingerprint density at radius 1 is 1.39 bits per heavy atom. The Bertz CT molecular complexity index is 462. The fourth-order valence-electron chi connectivity index (χ4n) is 2.47. The van der Waals surface area contributed by atoms with Gasteiger partial charge in [-0.3, -0.25) is 0 Å². The summed E-state index contributed by atoms with van der Waals surface area (Å²) in [5.74, 6) is 1.56. The lowest BCUT2D eigenvalue weighted by Gasteiger charge is -2.27. The van der Waals surface area contributed by atoms with Crippen molar-refractivity contribution in [3.63, 3.8) is 0 Å². The van der Waals surface area contributed by atoms with Crippen LogP contribution in [0.15, 0.2) is 16.6 Å². The average Bonchev–Trinajstić information content (AvgIpc) is 2.98. The quantitative estimate of drug-likeness (QED) is 0.913. The van der Waals surface area contributed by atoms with E-state index in [2.05, 4.69) is 35.0 Å². The lowest BCUT2D eigenvalue weighted by Crippen LogP contribution is -2.20. The summed E-state index contributed by atoms with van der Waals surface area (Å²) in [5.41, 5.74) is 1.49. The molecule has 0 aliphatic heterocycles. The zero-order valence-corrected chi connectivity index (χ0v) is 12.3. The van der Waals surface area contributed by atoms with Crippen molar-refractivity contribution in [1.82, 2.24) is 0 Å². The van der Waals surface area contributed by atoms with Crippen molar-refractivity contribution < 1.29 is 9.84 Å². The highest BCUT2D eigenvalue weighted by Gasteiger charge is 2.45. The van der Waals surface area contributed by atoms with E-state index in [1.54, 1.807) is 0 Å². The van der Waals surface area contributed by atoms with E-state index in [0.717, 1.165) is 40.8 Å². The number of benzene rings is 1. The van der Waals surface area contributed by atoms with Gasteiger partial charge >= 0.3 is 0 Å². The molecule has 0 atom stereocenters. The van der Waals surface area contributed by atoms with Gasteiger partial charge < -0.3 is 9.84 Å². The van der Waals surface area contributed by atoms with Gasteiger partial charge in [0.15, 0.2) is 0 Å². The van der Waals surface area contributed by atoms with E-state index in [1.165, 1.54) is 19.3 Å². The number of hydrogen-bond donors (Lipinski definition) is 1. The maximum atomic E-state index is 10.4. The average molecular weight is 311 g/mol. The van der Waals surface area contributed by atoms with Crippen LogP contribution in [-0.4, -0.2) is 11.7 Å². The first kappa shape index (κ1) is 12.5. The van der Waals surface area contributed by atoms with Gasteiger partial charge in [-0.15, -0.1) is 0 Å². The minimum Gasteiger partial charge on any atom is -0.492 e. The van der Waals surface area contributed by atoms with Gasteiger partial charge in [0.2, 0.25) is 0 Å². The molecule has 2 aliphatic rings. The van der Waals surface area contributed by atoms with Gasteiger partial charge in [0.25, 0.3) is 0 Å². The molecule has 0 unspecified atom stereocenters. The molecule has 0 heterocycles. The molecule has 0 spiro atoms. The first-order valence-electron chi connectivity index (χ1n) is 6.74. The molecule has 98 valence electrons. The summed E-state index contributed by atoms with van der Waals surface area (Å²) in [5, 5.41) is 10.4. The molecule has 2 fully saturated rings. The highest BCUT2D eigenvalue weighted by molar-refractivity contribution is 9.10. The molecule has 0 amide bonds. The highest BCUT2D eigenvalue weighted by atomic mass is 79.9. The van der Waals surface area contributed by atoms with Crippen molar-refractivity contribution >= 4 is 15.9 Å². The zero-order chi connectivity index (χ0) is 12.8. The number of hydrogen-bond acceptors (Lipinski definition) is 2. The molecule has 18 heavy (non-hydrogen) atoms. The maximum absolute atomic E-state index is 10.4. The molecule has 1 N–H and O–H groups in total. The van der Waals surface area contributed by atoms with Crippen LogP contribution < -0.4 is 4.74 Å². The van der Waals surface area contributed by atoms with Crippen molar-refractivity contribution in [2.24, 2.45) is 5.92 Å². The van der Waals surface area contributed by atoms with Gasteiger partial charge in [-0.1, -0.05) is 6.42 Å². The van der Waals surface area contributed by atoms with Gasteiger partial charge in [-0.2, -0.15) is 0 Å². The SMILES string of the molecule is Cc1cc(Br)c(OCC2CCC2)c(C2(O)CC2)c1. The van der Waals surface area contributed by atoms with Crippen LogP contribution in [-0.2, 0) is 5.60 Å². The normalized spacial score (nSPS) is 21.5. The van der Waals surface area contributed by atoms with Crippen LogP contribution in [0.25, 0.3) is 0 Å². The first-order valence-corrected chi connectivity index (χ1v) is 7.53. The second kappa shape index (κ2) is 4.53. The summed E-state index contributed by atoms with van der Waals surface area (Å²) in [6.45, 7) is 2.83. The van der Waals surface area contributed by atoms with Gasteiger partial charge in [-0.05, 0) is 72.2 Å². The molecule has 2 nitrogen and oxygen atoms in total. The van der Waals surface area contributed by atoms with Gasteiger partial charge in [0.1, 0.15) is 5.75 Å². The third-order valence-corrected chi connectivity index (χ3v) is 4.69. The van der Waals surface area contributed by atoms with Crippen molar-refractivity contribution in [3.05, 3.63) is 27.7 Å². The minimum absolute atomic E-state index is 0.635. The second-order valence-corrected chi connectivity index (χ2v) is 6.62. The van der Waals surface area contributed by atoms with E-state index >= 15 is 0 Å². The van der Waals surface area contributed by atoms with Crippen LogP contribution in [0.2, 0.25) is 0 Å². The Hall–Kier alpha value is -0.540. The van der Waals surface area contributed by atoms with E-state index in [0.29, 0.717) is 5.92 Å². The zero-order valence-electron chi connectivity index (χ0n) is 10.7. The lowest BCUT2D eigenvalue weighted by atomic mass is 9.86. The number of halogens is 1. The molecule has 0 radical (unpaired) electrons. The first-order chi connectivity index (χ1) is 8.58. The van der Waals surface area contributed by atoms with Crippen molar-refractivity contribution in [2.45, 2.75) is 44.6 Å². The summed E-state index contributed by atoms with van der Waals surface area (Å²) >= 11 is 3.57. The molecule has 2 aliphatic carbocycles. The number of aliphatic hydroxyl groups is 1. The maximum Gasteiger partial charge on any atom is 0.139 e. The van der Waals surface area contributed by atoms with Crippen LogP contribution >= 0.6 is 15.9 Å². The molecule has 2 saturated carbocycles. The molecule has 0 saturated heterocycles. The van der Waals surface area contributed by atoms with Crippen LogP contribution in [0.5, 0.6) is 5.75 Å². The third kappa shape index (κ3) is 2.30. The Morgan fingerprint density at radius 2 is 2.11 bits per heavy atom. The second-order valence-electron chi connectivity index (χ2n) is 5.76. The van der Waals surface area contributed by atoms with E-state index in [1.807, 2.05) is 0 Å². The van der Waals surface area contributed by atoms with Crippen LogP contribution in [0.1, 0.15) is 43.2 Å². The summed E-state index contributed by atoms with van der Waals surface area (Å²) in [7, 11) is 0. The number of rotatable bonds is 4. The Morgan fingerprint density at radius 3 is 2.67 bits per heavy atom. The Kier molecular flexibility index (Phi) is 3.15. The van der Waals surface area contributed by atoms with Crippen molar-refractivity contribution in [1.29, 1.82) is 0 Å². The number of ether oxygens (including phenoxy) is 1. The van der Waals surface area contributed by atoms with E-state index in [4.69, 9.17) is 4.74 Å². The van der Waals surface area contributed by atoms with Gasteiger partial charge in [0, 0.05) is 5.56 Å². The highest BCUT2D eigenvalue weighted by Crippen LogP contribution is 2.51. The van der Waals surface area contributed by atoms with Gasteiger partial charge in [-0.25, -0.2) is 0 Å². The molecular weight excluding hydrogens is 292 g/mol. The van der Waals surface area contributed by atoms with Crippen LogP contribution in [0.4, 0.5) is 0 Å². The summed E-state index contributed by atoms with van der Waals surface area (Å²) < 4.78 is 6.96. The Balaban J connectivity index is 1.85. The summed E-state index contributed by atoms with van der Waals surface area (Å²) in [6, 6.07) is 4.12. The molecular formula is C15H19BrO2. The fourth-order valence-corrected chi connectivity index (χ4v) is 3.16. The Labute approximate surface area is 116 Å². The predicted molar refractivity (Wildman–Crippen MR) is 74.8 cm³/mol. The largest absolute Gasteiger partial charge is 0.492 e. The smallest absolute Gasteiger partial charge is 0.139 e. The standard InChI is InChI=1S/C15H19BrO2/c1-10-7-12(15(17)5-6-15)14(13(16)8-10)18-9-11-3-2-4-11/h7-8,11,17H,2-6,9H2,1H3. The van der Waals surface area contributed by atoms with Crippen molar-refractivity contribution in [3.8, 4) is 5.75 Å². The van der Waals surface area contributed by atoms with Crippen LogP contribution in [0, 0.1) is 12.8 Å². The predicted octanol–water partition coefficient (Wildman–Crippen LogP) is 3.92. The van der Waals surface area contributed by atoms with E-state index in [9.17, 15) is 5.11 Å². The summed E-state index contributed by atoms with van der Waals surface area (Å²) in [6.07, 6.45) is 5.59. The molecule has 1 aromatic carbocycles. The van der Waals surface area contributed by atoms with Crippen molar-refractivity contribution in [2.75, 3.05) is 6.61 Å².